The van der Waals surface area contributed by atoms with Crippen LogP contribution in [0.1, 0.15) is 15.9 Å². The molecule has 2 N–H and O–H groups in total. The number of carbonyl (C=O) groups is 1. The predicted molar refractivity (Wildman–Crippen MR) is 92.2 cm³/mol. The third-order valence-electron chi connectivity index (χ3n) is 3.38. The molecule has 0 atom stereocenters. The highest BCUT2D eigenvalue weighted by Gasteiger charge is 2.06. The van der Waals surface area contributed by atoms with Crippen LogP contribution in [0, 0.1) is 0 Å². The number of carbonyl (C=O) groups excluding carboxylic acids is 1. The van der Waals surface area contributed by atoms with Crippen LogP contribution in [0.2, 0.25) is 5.02 Å². The van der Waals surface area contributed by atoms with Crippen molar-refractivity contribution in [3.8, 4) is 5.75 Å². The largest absolute Gasteiger partial charge is 0.489 e. The summed E-state index contributed by atoms with van der Waals surface area (Å²) < 4.78 is 5.70. The first-order valence-electron chi connectivity index (χ1n) is 7.60. The van der Waals surface area contributed by atoms with Crippen molar-refractivity contribution in [2.45, 2.75) is 6.61 Å². The molecule has 0 spiro atoms. The number of hydrogen-bond donors (Lipinski definition) is 2. The van der Waals surface area contributed by atoms with Gasteiger partial charge < -0.3 is 15.0 Å². The van der Waals surface area contributed by atoms with Gasteiger partial charge in [-0.25, -0.2) is 0 Å². The summed E-state index contributed by atoms with van der Waals surface area (Å²) >= 11 is 6.09. The molecule has 2 aromatic carbocycles. The Hall–Kier alpha value is -2.04. The smallest absolute Gasteiger partial charge is 0.251 e. The quantitative estimate of drug-likeness (QED) is 0.811. The molecule has 5 heteroatoms. The lowest BCUT2D eigenvalue weighted by atomic mass is 10.2. The lowest BCUT2D eigenvalue weighted by Gasteiger charge is -2.10. The maximum absolute atomic E-state index is 12.0. The minimum absolute atomic E-state index is 0.0658. The number of nitrogens with one attached hydrogen (secondary N) is 2. The van der Waals surface area contributed by atoms with E-state index in [0.29, 0.717) is 29.5 Å². The number of halogens is 1. The number of amides is 1. The van der Waals surface area contributed by atoms with Crippen LogP contribution in [0.4, 0.5) is 0 Å². The van der Waals surface area contributed by atoms with Gasteiger partial charge in [-0.1, -0.05) is 29.8 Å². The third kappa shape index (κ3) is 5.58. The molecular formula is C18H22ClN2O2+. The van der Waals surface area contributed by atoms with E-state index >= 15 is 0 Å². The number of ether oxygens (including phenoxy) is 1. The monoisotopic (exact) mass is 333 g/mol. The van der Waals surface area contributed by atoms with E-state index in [1.807, 2.05) is 24.3 Å². The maximum atomic E-state index is 12.0. The van der Waals surface area contributed by atoms with Gasteiger partial charge >= 0.3 is 0 Å². The van der Waals surface area contributed by atoms with Crippen LogP contribution in [0.25, 0.3) is 0 Å². The van der Waals surface area contributed by atoms with E-state index in [1.165, 1.54) is 4.90 Å². The minimum Gasteiger partial charge on any atom is -0.489 e. The average Bonchev–Trinajstić information content (AvgIpc) is 2.54. The molecule has 0 aromatic heterocycles. The van der Waals surface area contributed by atoms with Gasteiger partial charge in [0.2, 0.25) is 0 Å². The second kappa shape index (κ2) is 8.56. The zero-order valence-electron chi connectivity index (χ0n) is 13.4. The summed E-state index contributed by atoms with van der Waals surface area (Å²) in [6.45, 7) is 1.95. The van der Waals surface area contributed by atoms with E-state index in [-0.39, 0.29) is 5.91 Å². The second-order valence-electron chi connectivity index (χ2n) is 5.62. The van der Waals surface area contributed by atoms with Gasteiger partial charge in [-0.05, 0) is 30.3 Å². The molecule has 2 aromatic rings. The molecule has 0 saturated heterocycles. The van der Waals surface area contributed by atoms with Gasteiger partial charge in [-0.3, -0.25) is 4.79 Å². The van der Waals surface area contributed by atoms with Crippen LogP contribution in [0.15, 0.2) is 48.5 Å². The first-order chi connectivity index (χ1) is 11.1. The SMILES string of the molecule is C[NH+](C)CCNC(=O)c1ccc(OCc2ccccc2Cl)cc1. The van der Waals surface area contributed by atoms with Gasteiger partial charge in [0.25, 0.3) is 5.91 Å². The van der Waals surface area contributed by atoms with Crippen molar-refractivity contribution < 1.29 is 14.4 Å². The fraction of sp³-hybridized carbons (Fsp3) is 0.278. The van der Waals surface area contributed by atoms with Crippen LogP contribution >= 0.6 is 11.6 Å². The van der Waals surface area contributed by atoms with Gasteiger partial charge in [0.05, 0.1) is 27.2 Å². The van der Waals surface area contributed by atoms with Crippen molar-refractivity contribution in [2.75, 3.05) is 27.2 Å². The summed E-state index contributed by atoms with van der Waals surface area (Å²) in [6, 6.07) is 14.7. The Balaban J connectivity index is 1.87. The summed E-state index contributed by atoms with van der Waals surface area (Å²) in [6.07, 6.45) is 0. The number of quaternary nitrogens is 1. The van der Waals surface area contributed by atoms with Gasteiger partial charge in [0.1, 0.15) is 12.4 Å². The molecule has 23 heavy (non-hydrogen) atoms. The molecule has 0 heterocycles. The third-order valence-corrected chi connectivity index (χ3v) is 3.75. The predicted octanol–water partition coefficient (Wildman–Crippen LogP) is 1.79. The highest BCUT2D eigenvalue weighted by atomic mass is 35.5. The molecule has 0 aliphatic heterocycles. The summed E-state index contributed by atoms with van der Waals surface area (Å²) in [7, 11) is 4.11. The molecule has 2 rings (SSSR count). The molecular weight excluding hydrogens is 312 g/mol. The number of likely N-dealkylation sites (N-methyl/N-ethyl adjacent to an activating group) is 1. The molecule has 0 aliphatic rings. The maximum Gasteiger partial charge on any atom is 0.251 e. The average molecular weight is 334 g/mol. The Kier molecular flexibility index (Phi) is 6.44. The normalized spacial score (nSPS) is 10.6. The van der Waals surface area contributed by atoms with Crippen molar-refractivity contribution in [2.24, 2.45) is 0 Å². The molecule has 1 amide bonds. The Morgan fingerprint density at radius 3 is 2.48 bits per heavy atom. The molecule has 4 nitrogen and oxygen atoms in total. The van der Waals surface area contributed by atoms with Crippen LogP contribution in [-0.2, 0) is 6.61 Å². The Morgan fingerprint density at radius 2 is 1.83 bits per heavy atom. The van der Waals surface area contributed by atoms with E-state index in [2.05, 4.69) is 19.4 Å². The summed E-state index contributed by atoms with van der Waals surface area (Å²) in [5, 5.41) is 3.58. The number of benzene rings is 2. The molecule has 0 radical (unpaired) electrons. The Labute approximate surface area is 142 Å². The first kappa shape index (κ1) is 17.3. The van der Waals surface area contributed by atoms with Crippen molar-refractivity contribution in [3.05, 3.63) is 64.7 Å². The molecule has 122 valence electrons. The summed E-state index contributed by atoms with van der Waals surface area (Å²) in [5.41, 5.74) is 1.56. The zero-order chi connectivity index (χ0) is 16.7. The van der Waals surface area contributed by atoms with Crippen LogP contribution < -0.4 is 15.0 Å². The summed E-state index contributed by atoms with van der Waals surface area (Å²) in [5.74, 6) is 0.642. The topological polar surface area (TPSA) is 42.8 Å². The van der Waals surface area contributed by atoms with Crippen molar-refractivity contribution in [3.63, 3.8) is 0 Å². The van der Waals surface area contributed by atoms with Gasteiger partial charge in [0.15, 0.2) is 0 Å². The van der Waals surface area contributed by atoms with Gasteiger partial charge in [-0.2, -0.15) is 0 Å². The van der Waals surface area contributed by atoms with E-state index in [0.717, 1.165) is 12.1 Å². The van der Waals surface area contributed by atoms with Crippen LogP contribution in [0.5, 0.6) is 5.75 Å². The van der Waals surface area contributed by atoms with Crippen LogP contribution in [-0.4, -0.2) is 33.1 Å². The van der Waals surface area contributed by atoms with E-state index in [9.17, 15) is 4.79 Å². The van der Waals surface area contributed by atoms with Gasteiger partial charge in [-0.15, -0.1) is 0 Å². The zero-order valence-corrected chi connectivity index (χ0v) is 14.2. The van der Waals surface area contributed by atoms with Crippen molar-refractivity contribution >= 4 is 17.5 Å². The van der Waals surface area contributed by atoms with E-state index < -0.39 is 0 Å². The fourth-order valence-corrected chi connectivity index (χ4v) is 2.20. The minimum atomic E-state index is -0.0658. The second-order valence-corrected chi connectivity index (χ2v) is 6.02. The molecule has 0 unspecified atom stereocenters. The standard InChI is InChI=1S/C18H21ClN2O2/c1-21(2)12-11-20-18(22)14-7-9-16(10-8-14)23-13-15-5-3-4-6-17(15)19/h3-10H,11-13H2,1-2H3,(H,20,22)/p+1. The van der Waals surface area contributed by atoms with Crippen LogP contribution in [0.3, 0.4) is 0 Å². The summed E-state index contributed by atoms with van der Waals surface area (Å²) in [4.78, 5) is 13.3. The van der Waals surface area contributed by atoms with Gasteiger partial charge in [0, 0.05) is 16.1 Å². The van der Waals surface area contributed by atoms with Crippen molar-refractivity contribution in [1.82, 2.24) is 5.32 Å². The van der Waals surface area contributed by atoms with Crippen molar-refractivity contribution in [1.29, 1.82) is 0 Å². The van der Waals surface area contributed by atoms with E-state index in [1.54, 1.807) is 24.3 Å². The lowest BCUT2D eigenvalue weighted by molar-refractivity contribution is -0.856. The fourth-order valence-electron chi connectivity index (χ4n) is 2.01. The Bertz CT molecular complexity index is 642. The number of rotatable bonds is 7. The molecule has 0 bridgehead atoms. The van der Waals surface area contributed by atoms with E-state index in [4.69, 9.17) is 16.3 Å². The highest BCUT2D eigenvalue weighted by molar-refractivity contribution is 6.31. The number of hydrogen-bond acceptors (Lipinski definition) is 2. The first-order valence-corrected chi connectivity index (χ1v) is 7.97. The highest BCUT2D eigenvalue weighted by Crippen LogP contribution is 2.18. The molecule has 0 fully saturated rings. The molecule has 0 saturated carbocycles. The Morgan fingerprint density at radius 1 is 1.13 bits per heavy atom. The lowest BCUT2D eigenvalue weighted by Crippen LogP contribution is -3.06. The molecule has 0 aliphatic carbocycles.